The lowest BCUT2D eigenvalue weighted by atomic mass is 9.98. The van der Waals surface area contributed by atoms with Crippen LogP contribution in [0.3, 0.4) is 0 Å². The van der Waals surface area contributed by atoms with Gasteiger partial charge in [-0.05, 0) is 49.2 Å². The Bertz CT molecular complexity index is 564. The minimum absolute atomic E-state index is 0.112. The van der Waals surface area contributed by atoms with E-state index in [2.05, 4.69) is 12.2 Å². The molecule has 4 heteroatoms. The highest BCUT2D eigenvalue weighted by Crippen LogP contribution is 2.23. The van der Waals surface area contributed by atoms with E-state index in [0.717, 1.165) is 18.5 Å². The highest BCUT2D eigenvalue weighted by Gasteiger charge is 2.17. The number of benzene rings is 2. The third-order valence-electron chi connectivity index (χ3n) is 3.38. The molecule has 0 bridgehead atoms. The lowest BCUT2D eigenvalue weighted by Gasteiger charge is -2.20. The molecule has 0 aromatic heterocycles. The van der Waals surface area contributed by atoms with Gasteiger partial charge in [-0.25, -0.2) is 8.78 Å². The van der Waals surface area contributed by atoms with E-state index in [-0.39, 0.29) is 18.0 Å². The molecule has 2 aromatic carbocycles. The first-order valence-electron chi connectivity index (χ1n) is 7.03. The van der Waals surface area contributed by atoms with Gasteiger partial charge < -0.3 is 5.32 Å². The minimum Gasteiger partial charge on any atom is -0.310 e. The van der Waals surface area contributed by atoms with Crippen molar-refractivity contribution < 1.29 is 8.78 Å². The second-order valence-corrected chi connectivity index (χ2v) is 5.40. The topological polar surface area (TPSA) is 12.0 Å². The summed E-state index contributed by atoms with van der Waals surface area (Å²) in [6.45, 7) is 2.83. The van der Waals surface area contributed by atoms with Crippen LogP contribution in [-0.4, -0.2) is 6.54 Å². The van der Waals surface area contributed by atoms with Crippen LogP contribution in [0.1, 0.15) is 30.5 Å². The van der Waals surface area contributed by atoms with Gasteiger partial charge in [-0.2, -0.15) is 0 Å². The maximum atomic E-state index is 13.8. The molecular formula is C17H18ClF2N. The van der Waals surface area contributed by atoms with E-state index in [1.54, 1.807) is 12.1 Å². The van der Waals surface area contributed by atoms with Crippen LogP contribution >= 0.6 is 11.6 Å². The van der Waals surface area contributed by atoms with E-state index >= 15 is 0 Å². The van der Waals surface area contributed by atoms with Crippen LogP contribution in [-0.2, 0) is 6.42 Å². The Labute approximate surface area is 128 Å². The van der Waals surface area contributed by atoms with Gasteiger partial charge in [0, 0.05) is 16.6 Å². The van der Waals surface area contributed by atoms with Gasteiger partial charge in [-0.15, -0.1) is 0 Å². The van der Waals surface area contributed by atoms with Gasteiger partial charge in [0.2, 0.25) is 0 Å². The van der Waals surface area contributed by atoms with Crippen molar-refractivity contribution in [2.75, 3.05) is 6.54 Å². The number of rotatable bonds is 6. The summed E-state index contributed by atoms with van der Waals surface area (Å²) < 4.78 is 27.6. The van der Waals surface area contributed by atoms with Gasteiger partial charge in [0.1, 0.15) is 11.6 Å². The smallest absolute Gasteiger partial charge is 0.129 e. The summed E-state index contributed by atoms with van der Waals surface area (Å²) >= 11 is 5.89. The lowest BCUT2D eigenvalue weighted by molar-refractivity contribution is 0.490. The fourth-order valence-electron chi connectivity index (χ4n) is 2.25. The zero-order valence-corrected chi connectivity index (χ0v) is 12.6. The normalized spacial score (nSPS) is 12.4. The molecule has 0 saturated carbocycles. The summed E-state index contributed by atoms with van der Waals surface area (Å²) in [6.07, 6.45) is 1.21. The third kappa shape index (κ3) is 4.26. The Morgan fingerprint density at radius 2 is 1.67 bits per heavy atom. The molecule has 0 radical (unpaired) electrons. The standard InChI is InChI=1S/C17H18ClF2N/c1-2-10-21-17(12-6-8-13(18)9-7-12)11-14-15(19)4-3-5-16(14)20/h3-9,17,21H,2,10-11H2,1H3. The molecule has 1 unspecified atom stereocenters. The molecule has 0 heterocycles. The molecule has 0 fully saturated rings. The first-order valence-corrected chi connectivity index (χ1v) is 7.41. The Balaban J connectivity index is 2.26. The maximum absolute atomic E-state index is 13.8. The predicted molar refractivity (Wildman–Crippen MR) is 82.5 cm³/mol. The van der Waals surface area contributed by atoms with Gasteiger partial charge in [0.05, 0.1) is 0 Å². The minimum atomic E-state index is -0.507. The van der Waals surface area contributed by atoms with Crippen molar-refractivity contribution in [2.24, 2.45) is 0 Å². The largest absolute Gasteiger partial charge is 0.310 e. The van der Waals surface area contributed by atoms with E-state index in [1.807, 2.05) is 12.1 Å². The van der Waals surface area contributed by atoms with E-state index in [4.69, 9.17) is 11.6 Å². The molecule has 112 valence electrons. The fourth-order valence-corrected chi connectivity index (χ4v) is 2.38. The molecule has 1 nitrogen and oxygen atoms in total. The quantitative estimate of drug-likeness (QED) is 0.800. The van der Waals surface area contributed by atoms with Gasteiger partial charge in [-0.1, -0.05) is 36.7 Å². The lowest BCUT2D eigenvalue weighted by Crippen LogP contribution is -2.24. The highest BCUT2D eigenvalue weighted by atomic mass is 35.5. The summed E-state index contributed by atoms with van der Waals surface area (Å²) in [4.78, 5) is 0. The molecule has 0 amide bonds. The number of hydrogen-bond acceptors (Lipinski definition) is 1. The number of nitrogens with one attached hydrogen (secondary N) is 1. The number of halogens is 3. The second kappa shape index (κ2) is 7.53. The maximum Gasteiger partial charge on any atom is 0.129 e. The molecule has 2 aromatic rings. The van der Waals surface area contributed by atoms with Crippen molar-refractivity contribution in [1.29, 1.82) is 0 Å². The van der Waals surface area contributed by atoms with Crippen molar-refractivity contribution in [3.8, 4) is 0 Å². The molecule has 1 N–H and O–H groups in total. The van der Waals surface area contributed by atoms with E-state index in [1.165, 1.54) is 18.2 Å². The Morgan fingerprint density at radius 1 is 1.05 bits per heavy atom. The summed E-state index contributed by atoms with van der Waals surface area (Å²) in [6, 6.07) is 11.2. The Kier molecular flexibility index (Phi) is 5.71. The van der Waals surface area contributed by atoms with Crippen molar-refractivity contribution in [1.82, 2.24) is 5.32 Å². The summed E-state index contributed by atoms with van der Waals surface area (Å²) in [7, 11) is 0. The second-order valence-electron chi connectivity index (χ2n) is 4.96. The monoisotopic (exact) mass is 309 g/mol. The van der Waals surface area contributed by atoms with Crippen LogP contribution in [0.25, 0.3) is 0 Å². The first kappa shape index (κ1) is 15.9. The van der Waals surface area contributed by atoms with Crippen LogP contribution < -0.4 is 5.32 Å². The molecule has 0 aliphatic carbocycles. The zero-order chi connectivity index (χ0) is 15.2. The van der Waals surface area contributed by atoms with Crippen molar-refractivity contribution >= 4 is 11.6 Å². The Hall–Kier alpha value is -1.45. The summed E-state index contributed by atoms with van der Waals surface area (Å²) in [5.74, 6) is -1.01. The average Bonchev–Trinajstić information content (AvgIpc) is 2.47. The van der Waals surface area contributed by atoms with Gasteiger partial charge in [0.25, 0.3) is 0 Å². The molecule has 0 spiro atoms. The Morgan fingerprint density at radius 3 is 2.24 bits per heavy atom. The van der Waals surface area contributed by atoms with Gasteiger partial charge in [0.15, 0.2) is 0 Å². The SMILES string of the molecule is CCCNC(Cc1c(F)cccc1F)c1ccc(Cl)cc1. The van der Waals surface area contributed by atoms with Crippen LogP contribution in [0.4, 0.5) is 8.78 Å². The van der Waals surface area contributed by atoms with Crippen LogP contribution in [0.5, 0.6) is 0 Å². The first-order chi connectivity index (χ1) is 10.1. The van der Waals surface area contributed by atoms with Gasteiger partial charge in [-0.3, -0.25) is 0 Å². The predicted octanol–water partition coefficient (Wildman–Crippen LogP) is 4.90. The molecule has 2 rings (SSSR count). The van der Waals surface area contributed by atoms with E-state index in [0.29, 0.717) is 5.02 Å². The summed E-state index contributed by atoms with van der Waals surface area (Å²) in [5.41, 5.74) is 1.08. The van der Waals surface area contributed by atoms with Crippen molar-refractivity contribution in [3.63, 3.8) is 0 Å². The molecule has 1 atom stereocenters. The zero-order valence-electron chi connectivity index (χ0n) is 11.9. The van der Waals surface area contributed by atoms with Crippen molar-refractivity contribution in [3.05, 3.63) is 70.2 Å². The van der Waals surface area contributed by atoms with Gasteiger partial charge >= 0.3 is 0 Å². The molecule has 0 aliphatic rings. The summed E-state index contributed by atoms with van der Waals surface area (Å²) in [5, 5.41) is 3.98. The average molecular weight is 310 g/mol. The molecule has 0 saturated heterocycles. The van der Waals surface area contributed by atoms with Crippen molar-refractivity contribution in [2.45, 2.75) is 25.8 Å². The molecule has 0 aliphatic heterocycles. The molecule has 21 heavy (non-hydrogen) atoms. The van der Waals surface area contributed by atoms with Crippen LogP contribution in [0.2, 0.25) is 5.02 Å². The van der Waals surface area contributed by atoms with Crippen LogP contribution in [0.15, 0.2) is 42.5 Å². The highest BCUT2D eigenvalue weighted by molar-refractivity contribution is 6.30. The van der Waals surface area contributed by atoms with E-state index in [9.17, 15) is 8.78 Å². The van der Waals surface area contributed by atoms with Crippen LogP contribution in [0, 0.1) is 11.6 Å². The fraction of sp³-hybridized carbons (Fsp3) is 0.294. The molecular weight excluding hydrogens is 292 g/mol. The third-order valence-corrected chi connectivity index (χ3v) is 3.64. The van der Waals surface area contributed by atoms with E-state index < -0.39 is 11.6 Å². The number of hydrogen-bond donors (Lipinski definition) is 1.